The molecule has 0 unspecified atom stereocenters. The molecule has 0 fully saturated rings. The van der Waals surface area contributed by atoms with Gasteiger partial charge in [0.15, 0.2) is 0 Å². The first-order valence-electron chi connectivity index (χ1n) is 24.6. The predicted molar refractivity (Wildman–Crippen MR) is 296 cm³/mol. The van der Waals surface area contributed by atoms with Crippen LogP contribution in [0.1, 0.15) is 0 Å². The molecule has 12 rings (SSSR count). The Hall–Kier alpha value is -9.68. The molecule has 0 spiro atoms. The summed E-state index contributed by atoms with van der Waals surface area (Å²) in [5.41, 5.74) is 13.7. The molecule has 0 aliphatic carbocycles. The largest absolute Gasteiger partial charge is 0.554 e. The van der Waals surface area contributed by atoms with Gasteiger partial charge >= 0.3 is 0 Å². The van der Waals surface area contributed by atoms with Crippen LogP contribution in [-0.4, -0.2) is 52.9 Å². The van der Waals surface area contributed by atoms with Crippen LogP contribution in [0.4, 0.5) is 0 Å². The molecule has 8 aromatic carbocycles. The SMILES string of the molecule is COc1c[c-]c(-n2[c-][n+](-c3ccc(OC)cc3)c(-c3ccccc3)c2-c2ccccc2)cc1.COc1c[c-]c(-n2[c-][n+](-c3ccc(OC)cc3)c(-c3ccccc3)c2-c2ccccc2)cc1.[Ir].c1ccc(-c2cnn[n-]2)nc1. The second-order valence-electron chi connectivity index (χ2n) is 17.1. The zero-order valence-corrected chi connectivity index (χ0v) is 45.5. The second kappa shape index (κ2) is 25.7. The maximum atomic E-state index is 5.37. The summed E-state index contributed by atoms with van der Waals surface area (Å²) in [6, 6.07) is 81.4. The van der Waals surface area contributed by atoms with Gasteiger partial charge in [0.2, 0.25) is 0 Å². The van der Waals surface area contributed by atoms with E-state index in [1.807, 2.05) is 127 Å². The number of ether oxygens (including phenoxy) is 4. The zero-order chi connectivity index (χ0) is 52.8. The van der Waals surface area contributed by atoms with E-state index in [2.05, 4.69) is 161 Å². The van der Waals surface area contributed by atoms with Gasteiger partial charge in [0.05, 0.1) is 68.3 Å². The van der Waals surface area contributed by atoms with Gasteiger partial charge in [-0.15, -0.1) is 24.3 Å². The summed E-state index contributed by atoms with van der Waals surface area (Å²) < 4.78 is 29.7. The van der Waals surface area contributed by atoms with Gasteiger partial charge in [0.1, 0.15) is 11.5 Å². The fraction of sp³-hybridized carbons (Fsp3) is 0.0615. The van der Waals surface area contributed by atoms with Crippen molar-refractivity contribution in [1.29, 1.82) is 0 Å². The quantitative estimate of drug-likeness (QED) is 0.0830. The van der Waals surface area contributed by atoms with Gasteiger partial charge in [0, 0.05) is 37.8 Å². The van der Waals surface area contributed by atoms with E-state index >= 15 is 0 Å². The Kier molecular flexibility index (Phi) is 17.5. The van der Waals surface area contributed by atoms with E-state index in [0.29, 0.717) is 5.69 Å². The third-order valence-corrected chi connectivity index (χ3v) is 12.4. The van der Waals surface area contributed by atoms with Crippen LogP contribution in [0.2, 0.25) is 0 Å². The van der Waals surface area contributed by atoms with E-state index in [1.165, 1.54) is 0 Å². The van der Waals surface area contributed by atoms with Crippen molar-refractivity contribution in [2.75, 3.05) is 28.4 Å². The van der Waals surface area contributed by atoms with Gasteiger partial charge in [-0.25, -0.2) is 0 Å². The number of rotatable bonds is 13. The van der Waals surface area contributed by atoms with E-state index in [1.54, 1.807) is 40.8 Å². The van der Waals surface area contributed by atoms with Gasteiger partial charge in [-0.05, 0) is 100.0 Å². The molecular formula is C65H51IrN8O4-3. The minimum absolute atomic E-state index is 0. The Morgan fingerprint density at radius 1 is 0.423 bits per heavy atom. The second-order valence-corrected chi connectivity index (χ2v) is 17.1. The number of imidazole rings is 2. The zero-order valence-electron chi connectivity index (χ0n) is 43.1. The average molecular weight is 1200 g/mol. The van der Waals surface area contributed by atoms with Crippen LogP contribution < -0.4 is 33.2 Å². The number of benzene rings is 8. The molecule has 4 heterocycles. The molecule has 1 radical (unpaired) electrons. The molecule has 4 aromatic heterocycles. The van der Waals surface area contributed by atoms with Crippen LogP contribution >= 0.6 is 0 Å². The molecule has 0 saturated heterocycles. The van der Waals surface area contributed by atoms with E-state index in [9.17, 15) is 0 Å². The number of nitrogens with zero attached hydrogens (tertiary/aromatic N) is 8. The molecule has 13 heteroatoms. The monoisotopic (exact) mass is 1200 g/mol. The molecule has 0 amide bonds. The summed E-state index contributed by atoms with van der Waals surface area (Å²) in [6.07, 6.45) is 10.4. The Morgan fingerprint density at radius 2 is 0.808 bits per heavy atom. The normalized spacial score (nSPS) is 10.5. The Morgan fingerprint density at radius 3 is 1.14 bits per heavy atom. The Bertz CT molecular complexity index is 3310. The number of hydrogen-bond donors (Lipinski definition) is 0. The molecule has 12 aromatic rings. The fourth-order valence-corrected chi connectivity index (χ4v) is 8.60. The maximum Gasteiger partial charge on any atom is 0.268 e. The first kappa shape index (κ1) is 53.2. The van der Waals surface area contributed by atoms with E-state index in [0.717, 1.165) is 96.5 Å². The molecule has 0 atom stereocenters. The first-order chi connectivity index (χ1) is 38.0. The molecular weight excluding hydrogens is 1150 g/mol. The van der Waals surface area contributed by atoms with Crippen molar-refractivity contribution in [3.8, 4) is 102 Å². The Balaban J connectivity index is 0.000000157. The number of pyridine rings is 1. The molecule has 0 N–H and O–H groups in total. The van der Waals surface area contributed by atoms with Gasteiger partial charge in [-0.1, -0.05) is 134 Å². The van der Waals surface area contributed by atoms with Crippen molar-refractivity contribution in [2.45, 2.75) is 0 Å². The van der Waals surface area contributed by atoms with Crippen LogP contribution in [0.5, 0.6) is 23.0 Å². The minimum atomic E-state index is 0. The third-order valence-electron chi connectivity index (χ3n) is 12.4. The van der Waals surface area contributed by atoms with Gasteiger partial charge in [-0.3, -0.25) is 19.3 Å². The minimum Gasteiger partial charge on any atom is -0.554 e. The van der Waals surface area contributed by atoms with Crippen LogP contribution in [0.25, 0.3) is 79.2 Å². The summed E-state index contributed by atoms with van der Waals surface area (Å²) in [5.74, 6) is 3.15. The van der Waals surface area contributed by atoms with Crippen molar-refractivity contribution in [3.05, 3.63) is 262 Å². The van der Waals surface area contributed by atoms with Gasteiger partial charge in [-0.2, -0.15) is 24.3 Å². The van der Waals surface area contributed by atoms with Crippen LogP contribution in [0, 0.1) is 24.8 Å². The molecule has 0 aliphatic heterocycles. The van der Waals surface area contributed by atoms with Crippen molar-refractivity contribution in [3.63, 3.8) is 0 Å². The third kappa shape index (κ3) is 12.0. The number of hydrogen-bond acceptors (Lipinski definition) is 7. The molecule has 78 heavy (non-hydrogen) atoms. The van der Waals surface area contributed by atoms with Gasteiger partial charge < -0.3 is 38.3 Å². The van der Waals surface area contributed by atoms with E-state index in [-0.39, 0.29) is 20.1 Å². The van der Waals surface area contributed by atoms with Crippen molar-refractivity contribution in [1.82, 2.24) is 29.5 Å². The molecule has 0 aliphatic rings. The summed E-state index contributed by atoms with van der Waals surface area (Å²) in [7, 11) is 6.66. The molecule has 0 bridgehead atoms. The summed E-state index contributed by atoms with van der Waals surface area (Å²) in [5, 5.41) is 10.8. The first-order valence-corrected chi connectivity index (χ1v) is 24.6. The number of aromatic nitrogens is 8. The summed E-state index contributed by atoms with van der Waals surface area (Å²) in [4.78, 5) is 4.08. The molecule has 0 saturated carbocycles. The number of methoxy groups -OCH3 is 4. The van der Waals surface area contributed by atoms with E-state index in [4.69, 9.17) is 18.9 Å². The van der Waals surface area contributed by atoms with E-state index < -0.39 is 0 Å². The average Bonchev–Trinajstić information content (AvgIpc) is 4.32. The van der Waals surface area contributed by atoms with Crippen molar-refractivity contribution < 1.29 is 48.2 Å². The van der Waals surface area contributed by atoms with Crippen LogP contribution in [0.15, 0.2) is 237 Å². The van der Waals surface area contributed by atoms with Crippen molar-refractivity contribution in [2.24, 2.45) is 0 Å². The van der Waals surface area contributed by atoms with Gasteiger partial charge in [0.25, 0.3) is 12.7 Å². The molecule has 12 nitrogen and oxygen atoms in total. The maximum absolute atomic E-state index is 5.37. The van der Waals surface area contributed by atoms with Crippen LogP contribution in [-0.2, 0) is 20.1 Å². The standard InChI is InChI=1S/2C29H23N2O2.C7H5N4.Ir/c2*1-32-26-17-13-24(14-18-26)30-21-31(25-15-19-27(33-2)20-16-25)29(23-11-7-4-8-12-23)28(30)22-9-5-3-6-10-22;1-2-4-8-6(3-1)7-5-9-11-10-7;/h2*3-15,17-20H,1-2H3;1-5H;/q3*-1;. The smallest absolute Gasteiger partial charge is 0.268 e. The fourth-order valence-electron chi connectivity index (χ4n) is 8.60. The summed E-state index contributed by atoms with van der Waals surface area (Å²) in [6.45, 7) is 0. The van der Waals surface area contributed by atoms with Crippen molar-refractivity contribution >= 4 is 0 Å². The summed E-state index contributed by atoms with van der Waals surface area (Å²) >= 11 is 0. The predicted octanol–water partition coefficient (Wildman–Crippen LogP) is 11.9. The Labute approximate surface area is 467 Å². The molecule has 387 valence electrons. The topological polar surface area (TPSA) is 107 Å². The van der Waals surface area contributed by atoms with Crippen LogP contribution in [0.3, 0.4) is 0 Å².